The number of amides is 2. The molecule has 1 saturated carbocycles. The molecule has 1 aliphatic carbocycles. The van der Waals surface area contributed by atoms with Crippen LogP contribution in [0.25, 0.3) is 11.0 Å². The van der Waals surface area contributed by atoms with E-state index in [-0.39, 0.29) is 51.7 Å². The van der Waals surface area contributed by atoms with Crippen molar-refractivity contribution in [2.75, 3.05) is 18.4 Å². The molecule has 1 aromatic carbocycles. The summed E-state index contributed by atoms with van der Waals surface area (Å²) in [6.07, 6.45) is -0.311. The van der Waals surface area contributed by atoms with E-state index in [1.807, 2.05) is 24.8 Å². The van der Waals surface area contributed by atoms with Crippen LogP contribution in [0.4, 0.5) is 18.9 Å². The zero-order valence-corrected chi connectivity index (χ0v) is 21.3. The number of fused-ring (bicyclic) bond motifs is 3. The highest BCUT2D eigenvalue weighted by atomic mass is 19.4. The Hall–Kier alpha value is -3.87. The highest BCUT2D eigenvalue weighted by molar-refractivity contribution is 6.06. The summed E-state index contributed by atoms with van der Waals surface area (Å²) in [5.74, 6) is -0.862. The Bertz CT molecular complexity index is 1460. The number of carbonyl (C=O) groups is 2. The number of hydrogen-bond donors (Lipinski definition) is 1. The molecule has 3 heterocycles. The minimum Gasteiger partial charge on any atom is -0.342 e. The summed E-state index contributed by atoms with van der Waals surface area (Å²) in [6, 6.07) is 7.70. The van der Waals surface area contributed by atoms with Crippen molar-refractivity contribution in [1.29, 1.82) is 5.26 Å². The molecule has 2 bridgehead atoms. The second kappa shape index (κ2) is 9.46. The molecule has 198 valence electrons. The maximum atomic E-state index is 14.7. The van der Waals surface area contributed by atoms with Crippen molar-refractivity contribution in [3.8, 4) is 6.07 Å². The SMILES string of the molecule is CC(C)C(=O)N1CC2CC[C@H](C1)[C@H]2c1cn(C)c2ncc(NC(=O)c3cccc(C#N)c3)c(C(F)(F)F)c12. The van der Waals surface area contributed by atoms with Gasteiger partial charge in [0.2, 0.25) is 5.91 Å². The molecular formula is C28H28F3N5O2. The summed E-state index contributed by atoms with van der Waals surface area (Å²) in [4.78, 5) is 31.8. The minimum atomic E-state index is -4.76. The third-order valence-corrected chi connectivity index (χ3v) is 7.80. The Morgan fingerprint density at radius 1 is 1.18 bits per heavy atom. The van der Waals surface area contributed by atoms with Crippen LogP contribution in [0, 0.1) is 29.1 Å². The van der Waals surface area contributed by atoms with Crippen LogP contribution in [-0.4, -0.2) is 39.4 Å². The smallest absolute Gasteiger partial charge is 0.342 e. The molecule has 1 N–H and O–H groups in total. The van der Waals surface area contributed by atoms with Crippen molar-refractivity contribution >= 4 is 28.5 Å². The summed E-state index contributed by atoms with van der Waals surface area (Å²) in [7, 11) is 1.67. The van der Waals surface area contributed by atoms with Crippen molar-refractivity contribution in [2.45, 2.75) is 38.8 Å². The number of nitriles is 1. The van der Waals surface area contributed by atoms with Gasteiger partial charge in [-0.25, -0.2) is 4.98 Å². The summed E-state index contributed by atoms with van der Waals surface area (Å²) in [5.41, 5.74) is -0.297. The van der Waals surface area contributed by atoms with Crippen molar-refractivity contribution in [1.82, 2.24) is 14.5 Å². The topological polar surface area (TPSA) is 91.0 Å². The summed E-state index contributed by atoms with van der Waals surface area (Å²) >= 11 is 0. The van der Waals surface area contributed by atoms with Gasteiger partial charge in [-0.1, -0.05) is 19.9 Å². The molecule has 0 radical (unpaired) electrons. The monoisotopic (exact) mass is 523 g/mol. The van der Waals surface area contributed by atoms with Gasteiger partial charge in [-0.05, 0) is 54.4 Å². The highest BCUT2D eigenvalue weighted by Gasteiger charge is 2.47. The van der Waals surface area contributed by atoms with E-state index in [1.54, 1.807) is 17.8 Å². The molecule has 1 saturated heterocycles. The number of aromatic nitrogens is 2. The number of carbonyl (C=O) groups excluding carboxylic acids is 2. The second-order valence-electron chi connectivity index (χ2n) is 10.6. The molecule has 2 fully saturated rings. The van der Waals surface area contributed by atoms with Crippen LogP contribution in [0.2, 0.25) is 0 Å². The number of hydrogen-bond acceptors (Lipinski definition) is 4. The molecule has 7 nitrogen and oxygen atoms in total. The number of pyridine rings is 1. The van der Waals surface area contributed by atoms with Crippen molar-refractivity contribution in [3.63, 3.8) is 0 Å². The number of aryl methyl sites for hydroxylation is 1. The maximum Gasteiger partial charge on any atom is 0.419 e. The fourth-order valence-corrected chi connectivity index (χ4v) is 6.22. The van der Waals surface area contributed by atoms with E-state index >= 15 is 0 Å². The Kier molecular flexibility index (Phi) is 6.41. The number of nitrogens with zero attached hydrogens (tertiary/aromatic N) is 4. The van der Waals surface area contributed by atoms with Gasteiger partial charge in [0, 0.05) is 43.2 Å². The predicted octanol–water partition coefficient (Wildman–Crippen LogP) is 5.32. The van der Waals surface area contributed by atoms with Crippen LogP contribution >= 0.6 is 0 Å². The van der Waals surface area contributed by atoms with Gasteiger partial charge in [-0.3, -0.25) is 9.59 Å². The average Bonchev–Trinajstić information content (AvgIpc) is 3.33. The summed E-state index contributed by atoms with van der Waals surface area (Å²) in [6.45, 7) is 4.76. The van der Waals surface area contributed by atoms with Crippen LogP contribution in [0.1, 0.15) is 59.7 Å². The van der Waals surface area contributed by atoms with Crippen molar-refractivity contribution < 1.29 is 22.8 Å². The third-order valence-electron chi connectivity index (χ3n) is 7.80. The molecule has 2 aliphatic rings. The van der Waals surface area contributed by atoms with E-state index in [1.165, 1.54) is 24.3 Å². The van der Waals surface area contributed by atoms with Gasteiger partial charge >= 0.3 is 6.18 Å². The normalized spacial score (nSPS) is 21.1. The van der Waals surface area contributed by atoms with Crippen LogP contribution in [0.3, 0.4) is 0 Å². The lowest BCUT2D eigenvalue weighted by Gasteiger charge is -2.39. The average molecular weight is 524 g/mol. The van der Waals surface area contributed by atoms with Gasteiger partial charge < -0.3 is 14.8 Å². The standard InChI is InChI=1S/C28H28F3N5O2/c1-15(2)27(38)36-12-18-7-8-19(13-36)22(18)20-14-35(3)25-23(20)24(28(29,30)31)21(11-33-25)34-26(37)17-6-4-5-16(9-17)10-32/h4-6,9,11,14-15,18-19,22H,7-8,12-13H2,1-3H3,(H,34,37)/t18-,19?,22-/m1/s1. The zero-order chi connectivity index (χ0) is 27.4. The van der Waals surface area contributed by atoms with E-state index in [2.05, 4.69) is 10.3 Å². The number of piperidine rings is 1. The number of anilines is 1. The molecular weight excluding hydrogens is 495 g/mol. The van der Waals surface area contributed by atoms with Gasteiger partial charge in [0.1, 0.15) is 5.65 Å². The van der Waals surface area contributed by atoms with Crippen LogP contribution in [0.5, 0.6) is 0 Å². The first-order valence-corrected chi connectivity index (χ1v) is 12.6. The van der Waals surface area contributed by atoms with E-state index in [4.69, 9.17) is 5.26 Å². The first-order valence-electron chi connectivity index (χ1n) is 12.6. The minimum absolute atomic E-state index is 0.00545. The van der Waals surface area contributed by atoms with Gasteiger partial charge in [0.05, 0.1) is 29.1 Å². The first-order chi connectivity index (χ1) is 18.0. The van der Waals surface area contributed by atoms with Crippen molar-refractivity contribution in [2.24, 2.45) is 24.8 Å². The molecule has 5 rings (SSSR count). The zero-order valence-electron chi connectivity index (χ0n) is 21.3. The highest BCUT2D eigenvalue weighted by Crippen LogP contribution is 2.52. The fraction of sp³-hybridized carbons (Fsp3) is 0.429. The Labute approximate surface area is 218 Å². The summed E-state index contributed by atoms with van der Waals surface area (Å²) < 4.78 is 45.7. The van der Waals surface area contributed by atoms with Gasteiger partial charge in [-0.2, -0.15) is 18.4 Å². The summed E-state index contributed by atoms with van der Waals surface area (Å²) in [5, 5.41) is 11.5. The quantitative estimate of drug-likeness (QED) is 0.501. The van der Waals surface area contributed by atoms with Crippen molar-refractivity contribution in [3.05, 3.63) is 58.9 Å². The number of alkyl halides is 3. The molecule has 1 aliphatic heterocycles. The third kappa shape index (κ3) is 4.40. The number of rotatable bonds is 4. The van der Waals surface area contributed by atoms with E-state index in [0.717, 1.165) is 19.0 Å². The van der Waals surface area contributed by atoms with E-state index < -0.39 is 23.3 Å². The fourth-order valence-electron chi connectivity index (χ4n) is 6.22. The number of nitrogens with one attached hydrogen (secondary N) is 1. The number of likely N-dealkylation sites (tertiary alicyclic amines) is 1. The largest absolute Gasteiger partial charge is 0.419 e. The molecule has 1 unspecified atom stereocenters. The lowest BCUT2D eigenvalue weighted by atomic mass is 9.79. The van der Waals surface area contributed by atoms with Gasteiger partial charge in [0.25, 0.3) is 5.91 Å². The molecule has 3 atom stereocenters. The first kappa shape index (κ1) is 25.8. The number of benzene rings is 1. The van der Waals surface area contributed by atoms with Gasteiger partial charge in [0.15, 0.2) is 0 Å². The van der Waals surface area contributed by atoms with Gasteiger partial charge in [-0.15, -0.1) is 0 Å². The predicted molar refractivity (Wildman–Crippen MR) is 135 cm³/mol. The lowest BCUT2D eigenvalue weighted by molar-refractivity contribution is -0.137. The van der Waals surface area contributed by atoms with Crippen LogP contribution < -0.4 is 5.32 Å². The maximum absolute atomic E-state index is 14.7. The number of halogens is 3. The Balaban J connectivity index is 1.58. The van der Waals surface area contributed by atoms with E-state index in [9.17, 15) is 22.8 Å². The molecule has 3 aromatic rings. The Morgan fingerprint density at radius 2 is 1.87 bits per heavy atom. The molecule has 0 spiro atoms. The van der Waals surface area contributed by atoms with Crippen LogP contribution in [-0.2, 0) is 18.0 Å². The second-order valence-corrected chi connectivity index (χ2v) is 10.6. The Morgan fingerprint density at radius 3 is 2.47 bits per heavy atom. The molecule has 10 heteroatoms. The molecule has 38 heavy (non-hydrogen) atoms. The molecule has 2 amide bonds. The van der Waals surface area contributed by atoms with E-state index in [0.29, 0.717) is 18.7 Å². The molecule has 2 aromatic heterocycles. The lowest BCUT2D eigenvalue weighted by Crippen LogP contribution is -2.45. The van der Waals surface area contributed by atoms with Crippen LogP contribution in [0.15, 0.2) is 36.7 Å².